The Balaban J connectivity index is 2.06. The molecule has 0 atom stereocenters. The Bertz CT molecular complexity index is 615. The number of rotatable bonds is 3. The summed E-state index contributed by atoms with van der Waals surface area (Å²) in [5.74, 6) is -0.253. The molecule has 94 valence electrons. The molecule has 1 aromatic heterocycles. The molecule has 1 N–H and O–H groups in total. The van der Waals surface area contributed by atoms with Gasteiger partial charge in [0, 0.05) is 11.9 Å². The van der Waals surface area contributed by atoms with Gasteiger partial charge in [-0.2, -0.15) is 5.26 Å². The molecule has 0 fully saturated rings. The van der Waals surface area contributed by atoms with E-state index in [1.807, 2.05) is 0 Å². The van der Waals surface area contributed by atoms with Crippen molar-refractivity contribution in [1.29, 1.82) is 5.26 Å². The van der Waals surface area contributed by atoms with Crippen molar-refractivity contribution in [3.63, 3.8) is 0 Å². The van der Waals surface area contributed by atoms with E-state index < -0.39 is 0 Å². The number of nitrogens with one attached hydrogen (secondary N) is 1. The molecule has 4 nitrogen and oxygen atoms in total. The Hall–Kier alpha value is -2.38. The van der Waals surface area contributed by atoms with Crippen LogP contribution in [0.4, 0.5) is 5.69 Å². The van der Waals surface area contributed by atoms with Crippen molar-refractivity contribution in [3.8, 4) is 6.07 Å². The van der Waals surface area contributed by atoms with Crippen LogP contribution in [0, 0.1) is 11.3 Å². The van der Waals surface area contributed by atoms with E-state index in [4.69, 9.17) is 16.9 Å². The normalized spacial score (nSPS) is 9.68. The average Bonchev–Trinajstić information content (AvgIpc) is 2.42. The summed E-state index contributed by atoms with van der Waals surface area (Å²) in [5.41, 5.74) is 2.01. The molecule has 1 amide bonds. The molecule has 0 unspecified atom stereocenters. The number of anilines is 1. The fraction of sp³-hybridized carbons (Fsp3) is 0.0714. The second-order valence-electron chi connectivity index (χ2n) is 3.86. The third-order valence-corrected chi connectivity index (χ3v) is 2.71. The van der Waals surface area contributed by atoms with Gasteiger partial charge in [-0.1, -0.05) is 23.7 Å². The molecule has 5 heteroatoms. The van der Waals surface area contributed by atoms with Crippen LogP contribution >= 0.6 is 11.6 Å². The average molecular weight is 272 g/mol. The first-order valence-corrected chi connectivity index (χ1v) is 5.95. The lowest BCUT2D eigenvalue weighted by Gasteiger charge is -2.05. The standard InChI is InChI=1S/C14H10ClN3O/c15-13-6-3-11(9-17-13)14(19)18-12-4-1-10(2-5-12)7-8-16/h1-6,9H,7H2,(H,18,19). The summed E-state index contributed by atoms with van der Waals surface area (Å²) in [5, 5.41) is 11.7. The van der Waals surface area contributed by atoms with Gasteiger partial charge < -0.3 is 5.32 Å². The van der Waals surface area contributed by atoms with E-state index in [1.54, 1.807) is 36.4 Å². The van der Waals surface area contributed by atoms with Gasteiger partial charge in [0.15, 0.2) is 0 Å². The molecule has 1 aromatic carbocycles. The van der Waals surface area contributed by atoms with Gasteiger partial charge in [0.2, 0.25) is 0 Å². The van der Waals surface area contributed by atoms with Crippen molar-refractivity contribution < 1.29 is 4.79 Å². The van der Waals surface area contributed by atoms with Crippen LogP contribution in [0.3, 0.4) is 0 Å². The first-order chi connectivity index (χ1) is 9.19. The lowest BCUT2D eigenvalue weighted by molar-refractivity contribution is 0.102. The number of nitrogens with zero attached hydrogens (tertiary/aromatic N) is 2. The number of hydrogen-bond acceptors (Lipinski definition) is 3. The lowest BCUT2D eigenvalue weighted by Crippen LogP contribution is -2.12. The molecule has 0 aliphatic rings. The zero-order valence-corrected chi connectivity index (χ0v) is 10.7. The van der Waals surface area contributed by atoms with Crippen molar-refractivity contribution in [2.24, 2.45) is 0 Å². The molecule has 2 aromatic rings. The van der Waals surface area contributed by atoms with Gasteiger partial charge in [-0.3, -0.25) is 4.79 Å². The highest BCUT2D eigenvalue weighted by atomic mass is 35.5. The first kappa shape index (κ1) is 13.1. The molecule has 0 aliphatic heterocycles. The highest BCUT2D eigenvalue weighted by Gasteiger charge is 2.06. The number of benzene rings is 1. The monoisotopic (exact) mass is 271 g/mol. The Morgan fingerprint density at radius 3 is 2.58 bits per heavy atom. The smallest absolute Gasteiger partial charge is 0.257 e. The molecule has 0 aliphatic carbocycles. The third-order valence-electron chi connectivity index (χ3n) is 2.48. The molecular formula is C14H10ClN3O. The van der Waals surface area contributed by atoms with Gasteiger partial charge >= 0.3 is 0 Å². The van der Waals surface area contributed by atoms with Crippen LogP contribution in [0.5, 0.6) is 0 Å². The molecule has 0 spiro atoms. The van der Waals surface area contributed by atoms with Crippen LogP contribution < -0.4 is 5.32 Å². The van der Waals surface area contributed by atoms with E-state index >= 15 is 0 Å². The Morgan fingerprint density at radius 1 is 1.26 bits per heavy atom. The van der Waals surface area contributed by atoms with Gasteiger partial charge in [0.1, 0.15) is 5.15 Å². The number of halogens is 1. The summed E-state index contributed by atoms with van der Waals surface area (Å²) in [6.45, 7) is 0. The number of nitriles is 1. The van der Waals surface area contributed by atoms with Gasteiger partial charge in [0.25, 0.3) is 5.91 Å². The fourth-order valence-electron chi connectivity index (χ4n) is 1.51. The molecule has 1 heterocycles. The molecule has 0 saturated heterocycles. The van der Waals surface area contributed by atoms with E-state index in [2.05, 4.69) is 16.4 Å². The number of amides is 1. The van der Waals surface area contributed by atoms with Crippen molar-refractivity contribution >= 4 is 23.2 Å². The highest BCUT2D eigenvalue weighted by Crippen LogP contribution is 2.12. The summed E-state index contributed by atoms with van der Waals surface area (Å²) in [4.78, 5) is 15.7. The number of aromatic nitrogens is 1. The maximum Gasteiger partial charge on any atom is 0.257 e. The number of carbonyl (C=O) groups excluding carboxylic acids is 1. The van der Waals surface area contributed by atoms with Crippen LogP contribution in [0.1, 0.15) is 15.9 Å². The molecule has 0 bridgehead atoms. The van der Waals surface area contributed by atoms with Gasteiger partial charge in [0.05, 0.1) is 18.1 Å². The largest absolute Gasteiger partial charge is 0.322 e. The van der Waals surface area contributed by atoms with Crippen LogP contribution in [0.25, 0.3) is 0 Å². The van der Waals surface area contributed by atoms with Crippen LogP contribution in [0.2, 0.25) is 5.15 Å². The molecule has 19 heavy (non-hydrogen) atoms. The molecule has 2 rings (SSSR count). The zero-order chi connectivity index (χ0) is 13.7. The van der Waals surface area contributed by atoms with Crippen molar-refractivity contribution in [1.82, 2.24) is 4.98 Å². The number of hydrogen-bond donors (Lipinski definition) is 1. The summed E-state index contributed by atoms with van der Waals surface area (Å²) >= 11 is 5.65. The van der Waals surface area contributed by atoms with E-state index in [9.17, 15) is 4.79 Å². The maximum absolute atomic E-state index is 11.9. The first-order valence-electron chi connectivity index (χ1n) is 5.58. The Labute approximate surface area is 115 Å². The Kier molecular flexibility index (Phi) is 4.11. The zero-order valence-electron chi connectivity index (χ0n) is 9.93. The minimum absolute atomic E-state index is 0.253. The molecular weight excluding hydrogens is 262 g/mol. The minimum Gasteiger partial charge on any atom is -0.322 e. The van der Waals surface area contributed by atoms with Gasteiger partial charge in [-0.25, -0.2) is 4.98 Å². The van der Waals surface area contributed by atoms with E-state index in [0.717, 1.165) is 5.56 Å². The second kappa shape index (κ2) is 5.98. The maximum atomic E-state index is 11.9. The van der Waals surface area contributed by atoms with E-state index in [0.29, 0.717) is 22.8 Å². The fourth-order valence-corrected chi connectivity index (χ4v) is 1.62. The topological polar surface area (TPSA) is 65.8 Å². The van der Waals surface area contributed by atoms with Crippen molar-refractivity contribution in [2.75, 3.05) is 5.32 Å². The van der Waals surface area contributed by atoms with Crippen LogP contribution in [-0.2, 0) is 6.42 Å². The predicted molar refractivity (Wildman–Crippen MR) is 73.0 cm³/mol. The van der Waals surface area contributed by atoms with E-state index in [-0.39, 0.29) is 5.91 Å². The lowest BCUT2D eigenvalue weighted by atomic mass is 10.1. The summed E-state index contributed by atoms with van der Waals surface area (Å²) in [6.07, 6.45) is 1.77. The van der Waals surface area contributed by atoms with Crippen LogP contribution in [-0.4, -0.2) is 10.9 Å². The van der Waals surface area contributed by atoms with Crippen LogP contribution in [0.15, 0.2) is 42.6 Å². The Morgan fingerprint density at radius 2 is 2.00 bits per heavy atom. The predicted octanol–water partition coefficient (Wildman–Crippen LogP) is 3.05. The highest BCUT2D eigenvalue weighted by molar-refractivity contribution is 6.29. The van der Waals surface area contributed by atoms with Crippen molar-refractivity contribution in [3.05, 3.63) is 58.9 Å². The quantitative estimate of drug-likeness (QED) is 0.873. The SMILES string of the molecule is N#CCc1ccc(NC(=O)c2ccc(Cl)nc2)cc1. The molecule has 0 radical (unpaired) electrons. The number of pyridine rings is 1. The minimum atomic E-state index is -0.253. The third kappa shape index (κ3) is 3.54. The summed E-state index contributed by atoms with van der Waals surface area (Å²) < 4.78 is 0. The second-order valence-corrected chi connectivity index (χ2v) is 4.24. The summed E-state index contributed by atoms with van der Waals surface area (Å²) in [6, 6.07) is 12.4. The number of carbonyl (C=O) groups is 1. The van der Waals surface area contributed by atoms with Gasteiger partial charge in [-0.15, -0.1) is 0 Å². The van der Waals surface area contributed by atoms with Gasteiger partial charge in [-0.05, 0) is 29.8 Å². The molecule has 0 saturated carbocycles. The van der Waals surface area contributed by atoms with Crippen molar-refractivity contribution in [2.45, 2.75) is 6.42 Å². The van der Waals surface area contributed by atoms with E-state index in [1.165, 1.54) is 6.20 Å². The summed E-state index contributed by atoms with van der Waals surface area (Å²) in [7, 11) is 0.